The SMILES string of the molecule is CCNC(=NCC(C)(C)N1CCCCC1)NCCN1C(=O)CNC1=O. The van der Waals surface area contributed by atoms with E-state index in [0.29, 0.717) is 19.6 Å². The van der Waals surface area contributed by atoms with Crippen LogP contribution in [-0.2, 0) is 4.79 Å². The van der Waals surface area contributed by atoms with E-state index in [1.54, 1.807) is 0 Å². The number of carbonyl (C=O) groups excluding carboxylic acids is 2. The zero-order valence-corrected chi connectivity index (χ0v) is 15.7. The molecule has 2 rings (SSSR count). The quantitative estimate of drug-likeness (QED) is 0.350. The summed E-state index contributed by atoms with van der Waals surface area (Å²) in [5.74, 6) is 0.541. The van der Waals surface area contributed by atoms with Gasteiger partial charge in [-0.2, -0.15) is 0 Å². The summed E-state index contributed by atoms with van der Waals surface area (Å²) >= 11 is 0. The number of likely N-dealkylation sites (tertiary alicyclic amines) is 1. The van der Waals surface area contributed by atoms with Crippen molar-refractivity contribution in [1.82, 2.24) is 25.8 Å². The predicted octanol–water partition coefficient (Wildman–Crippen LogP) is 0.358. The Morgan fingerprint density at radius 2 is 1.92 bits per heavy atom. The first-order valence-corrected chi connectivity index (χ1v) is 9.29. The number of nitrogens with one attached hydrogen (secondary N) is 3. The zero-order chi connectivity index (χ0) is 18.3. The van der Waals surface area contributed by atoms with Gasteiger partial charge in [0.15, 0.2) is 5.96 Å². The van der Waals surface area contributed by atoms with Gasteiger partial charge in [-0.1, -0.05) is 6.42 Å². The fraction of sp³-hybridized carbons (Fsp3) is 0.824. The van der Waals surface area contributed by atoms with E-state index in [9.17, 15) is 9.59 Å². The molecule has 2 aliphatic rings. The molecule has 2 saturated heterocycles. The van der Waals surface area contributed by atoms with Crippen molar-refractivity contribution in [3.63, 3.8) is 0 Å². The third-order valence-electron chi connectivity index (χ3n) is 4.75. The highest BCUT2D eigenvalue weighted by Gasteiger charge is 2.29. The van der Waals surface area contributed by atoms with Gasteiger partial charge in [0.25, 0.3) is 0 Å². The van der Waals surface area contributed by atoms with E-state index in [1.165, 1.54) is 24.2 Å². The summed E-state index contributed by atoms with van der Waals surface area (Å²) in [6, 6.07) is -0.319. The van der Waals surface area contributed by atoms with Gasteiger partial charge in [-0.3, -0.25) is 19.6 Å². The lowest BCUT2D eigenvalue weighted by atomic mass is 9.99. The first-order valence-electron chi connectivity index (χ1n) is 9.29. The normalized spacial score (nSPS) is 20.0. The standard InChI is InChI=1S/C17H32N6O2/c1-4-18-15(19-8-11-23-14(24)12-20-16(23)25)21-13-17(2,3)22-9-6-5-7-10-22/h4-13H2,1-3H3,(H,20,25)(H2,18,19,21). The molecule has 142 valence electrons. The monoisotopic (exact) mass is 352 g/mol. The largest absolute Gasteiger partial charge is 0.357 e. The van der Waals surface area contributed by atoms with E-state index in [1.807, 2.05) is 6.92 Å². The second-order valence-electron chi connectivity index (χ2n) is 7.19. The first-order chi connectivity index (χ1) is 11.9. The number of hydrogen-bond acceptors (Lipinski definition) is 4. The highest BCUT2D eigenvalue weighted by molar-refractivity contribution is 6.01. The molecule has 0 aromatic rings. The Balaban J connectivity index is 1.84. The second-order valence-corrected chi connectivity index (χ2v) is 7.19. The van der Waals surface area contributed by atoms with Crippen molar-refractivity contribution in [2.24, 2.45) is 4.99 Å². The molecule has 0 unspecified atom stereocenters. The Kier molecular flexibility index (Phi) is 7.04. The Bertz CT molecular complexity index is 483. The zero-order valence-electron chi connectivity index (χ0n) is 15.7. The number of nitrogens with zero attached hydrogens (tertiary/aromatic N) is 3. The molecule has 0 spiro atoms. The minimum atomic E-state index is -0.319. The molecule has 2 fully saturated rings. The van der Waals surface area contributed by atoms with Crippen LogP contribution in [0.2, 0.25) is 0 Å². The number of hydrogen-bond donors (Lipinski definition) is 3. The maximum absolute atomic E-state index is 11.6. The number of urea groups is 1. The van der Waals surface area contributed by atoms with Gasteiger partial charge in [-0.05, 0) is 46.7 Å². The molecule has 0 aliphatic carbocycles. The van der Waals surface area contributed by atoms with Crippen LogP contribution in [0.1, 0.15) is 40.0 Å². The minimum Gasteiger partial charge on any atom is -0.357 e. The van der Waals surface area contributed by atoms with Crippen LogP contribution in [-0.4, -0.2) is 79.0 Å². The number of aliphatic imine (C=N–C) groups is 1. The summed E-state index contributed by atoms with van der Waals surface area (Å²) in [5.41, 5.74) is 0.0214. The van der Waals surface area contributed by atoms with E-state index in [4.69, 9.17) is 4.99 Å². The summed E-state index contributed by atoms with van der Waals surface area (Å²) in [6.07, 6.45) is 3.84. The highest BCUT2D eigenvalue weighted by Crippen LogP contribution is 2.20. The van der Waals surface area contributed by atoms with Crippen molar-refractivity contribution in [3.05, 3.63) is 0 Å². The molecule has 25 heavy (non-hydrogen) atoms. The Hall–Kier alpha value is -1.83. The van der Waals surface area contributed by atoms with E-state index in [-0.39, 0.29) is 24.0 Å². The first kappa shape index (κ1) is 19.5. The Morgan fingerprint density at radius 1 is 1.20 bits per heavy atom. The second kappa shape index (κ2) is 9.03. The molecule has 0 saturated carbocycles. The number of guanidine groups is 1. The van der Waals surface area contributed by atoms with E-state index < -0.39 is 0 Å². The van der Waals surface area contributed by atoms with Crippen molar-refractivity contribution in [2.75, 3.05) is 45.8 Å². The van der Waals surface area contributed by atoms with Crippen LogP contribution in [0.4, 0.5) is 4.79 Å². The number of carbonyl (C=O) groups is 2. The Morgan fingerprint density at radius 3 is 2.52 bits per heavy atom. The third kappa shape index (κ3) is 5.59. The minimum absolute atomic E-state index is 0.0214. The number of piperidine rings is 1. The topological polar surface area (TPSA) is 89.1 Å². The number of imide groups is 1. The van der Waals surface area contributed by atoms with Gasteiger partial charge < -0.3 is 16.0 Å². The molecule has 3 amide bonds. The molecule has 0 atom stereocenters. The summed E-state index contributed by atoms with van der Waals surface area (Å²) in [4.78, 5) is 31.6. The predicted molar refractivity (Wildman–Crippen MR) is 98.6 cm³/mol. The van der Waals surface area contributed by atoms with Crippen LogP contribution in [0.3, 0.4) is 0 Å². The van der Waals surface area contributed by atoms with E-state index in [2.05, 4.69) is 34.7 Å². The van der Waals surface area contributed by atoms with Crippen LogP contribution in [0, 0.1) is 0 Å². The van der Waals surface area contributed by atoms with Gasteiger partial charge >= 0.3 is 6.03 Å². The molecule has 8 nitrogen and oxygen atoms in total. The summed E-state index contributed by atoms with van der Waals surface area (Å²) in [6.45, 7) is 11.1. The van der Waals surface area contributed by atoms with Crippen LogP contribution in [0.25, 0.3) is 0 Å². The fourth-order valence-corrected chi connectivity index (χ4v) is 3.18. The molecule has 3 N–H and O–H groups in total. The van der Waals surface area contributed by atoms with Gasteiger partial charge in [0.1, 0.15) is 0 Å². The van der Waals surface area contributed by atoms with Gasteiger partial charge in [-0.15, -0.1) is 0 Å². The van der Waals surface area contributed by atoms with Crippen LogP contribution in [0.15, 0.2) is 4.99 Å². The molecule has 8 heteroatoms. The Labute approximate surface area is 150 Å². The lowest BCUT2D eigenvalue weighted by molar-refractivity contribution is -0.124. The maximum Gasteiger partial charge on any atom is 0.324 e. The molecule has 0 radical (unpaired) electrons. The molecular formula is C17H32N6O2. The lowest BCUT2D eigenvalue weighted by Gasteiger charge is -2.40. The van der Waals surface area contributed by atoms with Crippen LogP contribution >= 0.6 is 0 Å². The van der Waals surface area contributed by atoms with Gasteiger partial charge in [0, 0.05) is 25.2 Å². The van der Waals surface area contributed by atoms with Crippen molar-refractivity contribution in [3.8, 4) is 0 Å². The summed E-state index contributed by atoms with van der Waals surface area (Å²) < 4.78 is 0. The van der Waals surface area contributed by atoms with E-state index in [0.717, 1.165) is 25.6 Å². The average Bonchev–Trinajstić information content (AvgIpc) is 2.92. The van der Waals surface area contributed by atoms with Crippen molar-refractivity contribution in [1.29, 1.82) is 0 Å². The summed E-state index contributed by atoms with van der Waals surface area (Å²) in [7, 11) is 0. The van der Waals surface area contributed by atoms with Crippen LogP contribution in [0.5, 0.6) is 0 Å². The lowest BCUT2D eigenvalue weighted by Crippen LogP contribution is -2.50. The average molecular weight is 352 g/mol. The molecule has 0 aromatic heterocycles. The van der Waals surface area contributed by atoms with E-state index >= 15 is 0 Å². The molecule has 0 aromatic carbocycles. The maximum atomic E-state index is 11.6. The van der Waals surface area contributed by atoms with Gasteiger partial charge in [0.2, 0.25) is 5.91 Å². The van der Waals surface area contributed by atoms with Gasteiger partial charge in [-0.25, -0.2) is 4.79 Å². The molecular weight excluding hydrogens is 320 g/mol. The fourth-order valence-electron chi connectivity index (χ4n) is 3.18. The number of rotatable bonds is 7. The highest BCUT2D eigenvalue weighted by atomic mass is 16.2. The third-order valence-corrected chi connectivity index (χ3v) is 4.75. The van der Waals surface area contributed by atoms with Crippen molar-refractivity contribution < 1.29 is 9.59 Å². The molecule has 2 aliphatic heterocycles. The number of amides is 3. The van der Waals surface area contributed by atoms with Crippen LogP contribution < -0.4 is 16.0 Å². The van der Waals surface area contributed by atoms with Gasteiger partial charge in [0.05, 0.1) is 13.1 Å². The van der Waals surface area contributed by atoms with Crippen molar-refractivity contribution >= 4 is 17.9 Å². The smallest absolute Gasteiger partial charge is 0.324 e. The molecule has 2 heterocycles. The van der Waals surface area contributed by atoms with Crippen molar-refractivity contribution in [2.45, 2.75) is 45.6 Å². The summed E-state index contributed by atoms with van der Waals surface area (Å²) in [5, 5.41) is 8.96. The molecule has 0 bridgehead atoms.